The number of carbonyl (C=O) groups is 2. The van der Waals surface area contributed by atoms with Crippen LogP contribution in [-0.2, 0) is 14.3 Å². The van der Waals surface area contributed by atoms with Gasteiger partial charge in [-0.25, -0.2) is 9.97 Å². The number of aromatic nitrogens is 2. The van der Waals surface area contributed by atoms with Crippen LogP contribution < -0.4 is 20.1 Å². The van der Waals surface area contributed by atoms with E-state index in [0.29, 0.717) is 31.1 Å². The van der Waals surface area contributed by atoms with Gasteiger partial charge in [0.2, 0.25) is 5.91 Å². The maximum absolute atomic E-state index is 13.0. The van der Waals surface area contributed by atoms with Crippen molar-refractivity contribution in [2.45, 2.75) is 50.7 Å². The summed E-state index contributed by atoms with van der Waals surface area (Å²) in [6.45, 7) is 6.55. The fourth-order valence-corrected chi connectivity index (χ4v) is 6.53. The van der Waals surface area contributed by atoms with Crippen molar-refractivity contribution in [3.05, 3.63) is 47.5 Å². The summed E-state index contributed by atoms with van der Waals surface area (Å²) < 4.78 is 17.1. The molecule has 3 aliphatic rings. The van der Waals surface area contributed by atoms with Crippen LogP contribution in [-0.4, -0.2) is 61.3 Å². The highest BCUT2D eigenvalue weighted by atomic mass is 32.1. The van der Waals surface area contributed by atoms with Crippen molar-refractivity contribution in [2.75, 3.05) is 27.3 Å². The van der Waals surface area contributed by atoms with Crippen LogP contribution in [0.25, 0.3) is 21.6 Å². The second kappa shape index (κ2) is 10.5. The Bertz CT molecular complexity index is 1480. The number of fused-ring (bicyclic) bond motifs is 1. The highest BCUT2D eigenvalue weighted by Gasteiger charge is 2.59. The SMILES string of the molecule is C=C[C@@H]1CC1(CNC(=O)[C@@H]1CC(Oc2cc(-c3nc(C4CC4)cs3)nc3c(C)c(OC)ccc23)CN1)C(=O)OC. The Morgan fingerprint density at radius 1 is 1.25 bits per heavy atom. The highest BCUT2D eigenvalue weighted by molar-refractivity contribution is 7.13. The molecule has 1 aromatic carbocycles. The first kappa shape index (κ1) is 26.7. The first-order chi connectivity index (χ1) is 19.4. The minimum Gasteiger partial charge on any atom is -0.496 e. The number of amides is 1. The molecule has 0 spiro atoms. The number of hydrogen-bond acceptors (Lipinski definition) is 9. The van der Waals surface area contributed by atoms with Crippen LogP contribution in [0.3, 0.4) is 0 Å². The summed E-state index contributed by atoms with van der Waals surface area (Å²) in [4.78, 5) is 35.2. The summed E-state index contributed by atoms with van der Waals surface area (Å²) in [5.41, 5.74) is 2.95. The third-order valence-corrected chi connectivity index (χ3v) is 9.28. The third kappa shape index (κ3) is 4.83. The molecular formula is C30H34N4O5S. The maximum atomic E-state index is 13.0. The number of benzene rings is 1. The Kier molecular flexibility index (Phi) is 7.00. The molecule has 3 heterocycles. The molecule has 0 radical (unpaired) electrons. The van der Waals surface area contributed by atoms with E-state index >= 15 is 0 Å². The lowest BCUT2D eigenvalue weighted by atomic mass is 10.0. The van der Waals surface area contributed by atoms with Gasteiger partial charge in [0.1, 0.15) is 28.3 Å². The number of hydrogen-bond donors (Lipinski definition) is 2. The number of pyridine rings is 1. The quantitative estimate of drug-likeness (QED) is 0.280. The Hall–Kier alpha value is -3.50. The number of rotatable bonds is 10. The number of nitrogens with zero attached hydrogens (tertiary/aromatic N) is 2. The minimum absolute atomic E-state index is 0.0160. The van der Waals surface area contributed by atoms with Gasteiger partial charge in [-0.2, -0.15) is 0 Å². The van der Waals surface area contributed by atoms with E-state index in [1.807, 2.05) is 25.1 Å². The van der Waals surface area contributed by atoms with E-state index in [2.05, 4.69) is 22.6 Å². The molecule has 6 rings (SSSR count). The van der Waals surface area contributed by atoms with E-state index in [-0.39, 0.29) is 30.4 Å². The number of carbonyl (C=O) groups excluding carboxylic acids is 2. The predicted molar refractivity (Wildman–Crippen MR) is 153 cm³/mol. The molecule has 1 saturated heterocycles. The molecule has 2 aliphatic carbocycles. The topological polar surface area (TPSA) is 112 Å². The molecule has 1 aliphatic heterocycles. The molecule has 2 aromatic heterocycles. The van der Waals surface area contributed by atoms with Crippen LogP contribution in [0.15, 0.2) is 36.2 Å². The van der Waals surface area contributed by atoms with Crippen LogP contribution >= 0.6 is 11.3 Å². The van der Waals surface area contributed by atoms with Crippen LogP contribution in [0, 0.1) is 18.3 Å². The lowest BCUT2D eigenvalue weighted by molar-refractivity contribution is -0.147. The van der Waals surface area contributed by atoms with Crippen LogP contribution in [0.5, 0.6) is 11.5 Å². The van der Waals surface area contributed by atoms with E-state index in [0.717, 1.165) is 38.6 Å². The Morgan fingerprint density at radius 3 is 2.77 bits per heavy atom. The first-order valence-electron chi connectivity index (χ1n) is 13.7. The van der Waals surface area contributed by atoms with Gasteiger partial charge in [0.15, 0.2) is 0 Å². The monoisotopic (exact) mass is 562 g/mol. The zero-order chi connectivity index (χ0) is 28.0. The average Bonchev–Trinajstić information content (AvgIpc) is 3.84. The van der Waals surface area contributed by atoms with Crippen LogP contribution in [0.2, 0.25) is 0 Å². The summed E-state index contributed by atoms with van der Waals surface area (Å²) >= 11 is 1.60. The molecule has 10 heteroatoms. The summed E-state index contributed by atoms with van der Waals surface area (Å²) in [5, 5.41) is 10.1. The third-order valence-electron chi connectivity index (χ3n) is 8.39. The summed E-state index contributed by atoms with van der Waals surface area (Å²) in [5.74, 6) is 1.59. The van der Waals surface area contributed by atoms with E-state index < -0.39 is 11.5 Å². The normalized spacial score (nSPS) is 25.4. The molecule has 4 atom stereocenters. The summed E-state index contributed by atoms with van der Waals surface area (Å²) in [6.07, 6.45) is 5.06. The van der Waals surface area contributed by atoms with Crippen molar-refractivity contribution in [3.63, 3.8) is 0 Å². The number of methoxy groups -OCH3 is 2. The maximum Gasteiger partial charge on any atom is 0.314 e. The largest absolute Gasteiger partial charge is 0.496 e. The molecule has 1 amide bonds. The lowest BCUT2D eigenvalue weighted by Crippen LogP contribution is -2.44. The molecule has 40 heavy (non-hydrogen) atoms. The number of aryl methyl sites for hydroxylation is 1. The minimum atomic E-state index is -0.707. The van der Waals surface area contributed by atoms with Crippen LogP contribution in [0.1, 0.15) is 42.9 Å². The zero-order valence-electron chi connectivity index (χ0n) is 23.0. The number of thiazole rings is 1. The fourth-order valence-electron chi connectivity index (χ4n) is 5.67. The van der Waals surface area contributed by atoms with Gasteiger partial charge in [0, 0.05) is 47.8 Å². The van der Waals surface area contributed by atoms with Crippen molar-refractivity contribution in [3.8, 4) is 22.2 Å². The van der Waals surface area contributed by atoms with Gasteiger partial charge in [-0.05, 0) is 44.2 Å². The summed E-state index contributed by atoms with van der Waals surface area (Å²) in [7, 11) is 3.03. The Labute approximate surface area is 237 Å². The molecule has 3 aromatic rings. The molecule has 2 N–H and O–H groups in total. The van der Waals surface area contributed by atoms with Crippen molar-refractivity contribution < 1.29 is 23.8 Å². The Balaban J connectivity index is 1.20. The van der Waals surface area contributed by atoms with Gasteiger partial charge in [0.25, 0.3) is 0 Å². The second-order valence-electron chi connectivity index (χ2n) is 11.0. The van der Waals surface area contributed by atoms with E-state index in [4.69, 9.17) is 24.2 Å². The number of nitrogens with one attached hydrogen (secondary N) is 2. The average molecular weight is 563 g/mol. The number of allylic oxidation sites excluding steroid dienone is 1. The molecule has 3 fully saturated rings. The van der Waals surface area contributed by atoms with E-state index in [9.17, 15) is 9.59 Å². The standard InChI is InChI=1S/C30H34N4O5S/c1-5-18-12-30(18,29(36)38-4)15-32-27(35)21-10-19(13-31-21)39-25-11-22(28-34-23(14-40-28)17-6-7-17)33-26-16(2)24(37-3)9-8-20(25)26/h5,8-9,11,14,17-19,21,31H,1,6-7,10,12-13,15H2,2-4H3,(H,32,35)/t18-,19?,21+,30?/m1/s1. The number of ether oxygens (including phenoxy) is 3. The smallest absolute Gasteiger partial charge is 0.314 e. The Morgan fingerprint density at radius 2 is 2.08 bits per heavy atom. The second-order valence-corrected chi connectivity index (χ2v) is 11.9. The molecule has 0 bridgehead atoms. The molecule has 2 saturated carbocycles. The van der Waals surface area contributed by atoms with Crippen LogP contribution in [0.4, 0.5) is 0 Å². The van der Waals surface area contributed by atoms with Crippen molar-refractivity contribution in [1.29, 1.82) is 0 Å². The molecular weight excluding hydrogens is 528 g/mol. The van der Waals surface area contributed by atoms with Gasteiger partial charge >= 0.3 is 5.97 Å². The number of esters is 1. The van der Waals surface area contributed by atoms with Gasteiger partial charge in [0.05, 0.1) is 36.9 Å². The molecule has 9 nitrogen and oxygen atoms in total. The van der Waals surface area contributed by atoms with Gasteiger partial charge in [-0.3, -0.25) is 9.59 Å². The van der Waals surface area contributed by atoms with Gasteiger partial charge in [-0.15, -0.1) is 17.9 Å². The fraction of sp³-hybridized carbons (Fsp3) is 0.467. The van der Waals surface area contributed by atoms with E-state index in [1.54, 1.807) is 24.5 Å². The lowest BCUT2D eigenvalue weighted by Gasteiger charge is -2.18. The molecule has 210 valence electrons. The van der Waals surface area contributed by atoms with Gasteiger partial charge < -0.3 is 24.8 Å². The molecule has 2 unspecified atom stereocenters. The van der Waals surface area contributed by atoms with Crippen molar-refractivity contribution >= 4 is 34.1 Å². The van der Waals surface area contributed by atoms with E-state index in [1.165, 1.54) is 20.0 Å². The zero-order valence-corrected chi connectivity index (χ0v) is 23.8. The van der Waals surface area contributed by atoms with Gasteiger partial charge in [-0.1, -0.05) is 6.08 Å². The predicted octanol–water partition coefficient (Wildman–Crippen LogP) is 4.14. The summed E-state index contributed by atoms with van der Waals surface area (Å²) in [6, 6.07) is 5.43. The first-order valence-corrected chi connectivity index (χ1v) is 14.6. The van der Waals surface area contributed by atoms with Crippen molar-refractivity contribution in [1.82, 2.24) is 20.6 Å². The highest BCUT2D eigenvalue weighted by Crippen LogP contribution is 2.53. The van der Waals surface area contributed by atoms with Crippen molar-refractivity contribution in [2.24, 2.45) is 11.3 Å².